The first-order valence-electron chi connectivity index (χ1n) is 11.8. The van der Waals surface area contributed by atoms with Crippen LogP contribution in [-0.4, -0.2) is 46.6 Å². The lowest BCUT2D eigenvalue weighted by Gasteiger charge is -2.30. The molecule has 1 saturated heterocycles. The molecule has 7 nitrogen and oxygen atoms in total. The molecule has 2 N–H and O–H groups in total. The van der Waals surface area contributed by atoms with Crippen LogP contribution in [0.4, 0.5) is 4.79 Å². The lowest BCUT2D eigenvalue weighted by atomic mass is 10.0. The summed E-state index contributed by atoms with van der Waals surface area (Å²) in [6.45, 7) is 4.42. The Morgan fingerprint density at radius 1 is 1.19 bits per heavy atom. The zero-order valence-corrected chi connectivity index (χ0v) is 21.3. The molecule has 1 aliphatic heterocycles. The molecule has 3 heterocycles. The first-order chi connectivity index (χ1) is 17.5. The molecule has 8 heteroatoms. The summed E-state index contributed by atoms with van der Waals surface area (Å²) in [5.74, 6) is 12.4. The summed E-state index contributed by atoms with van der Waals surface area (Å²) in [6.07, 6.45) is 2.86. The monoisotopic (exact) mass is 500 g/mol. The van der Waals surface area contributed by atoms with Gasteiger partial charge in [-0.3, -0.25) is 4.79 Å². The van der Waals surface area contributed by atoms with Crippen LogP contribution in [0.5, 0.6) is 0 Å². The SMILES string of the molecule is COC(=O)N[C@H](C(=O)N1CCCC1c1ncc(-c2ccc(C#CC#Cc3cccs3)cc2)[nH]1)C(C)C. The van der Waals surface area contributed by atoms with Crippen LogP contribution in [0.1, 0.15) is 49.0 Å². The molecule has 1 unspecified atom stereocenters. The maximum Gasteiger partial charge on any atom is 0.407 e. The number of H-pyrrole nitrogens is 1. The molecule has 2 aromatic heterocycles. The van der Waals surface area contributed by atoms with Crippen molar-refractivity contribution in [3.63, 3.8) is 0 Å². The maximum absolute atomic E-state index is 13.3. The number of amides is 2. The van der Waals surface area contributed by atoms with Gasteiger partial charge < -0.3 is 19.9 Å². The lowest BCUT2D eigenvalue weighted by Crippen LogP contribution is -2.51. The minimum Gasteiger partial charge on any atom is -0.453 e. The van der Waals surface area contributed by atoms with Crippen molar-refractivity contribution in [2.24, 2.45) is 5.92 Å². The smallest absolute Gasteiger partial charge is 0.407 e. The van der Waals surface area contributed by atoms with Gasteiger partial charge in [-0.1, -0.05) is 38.0 Å². The highest BCUT2D eigenvalue weighted by molar-refractivity contribution is 7.10. The number of rotatable bonds is 5. The number of alkyl carbamates (subject to hydrolysis) is 1. The van der Waals surface area contributed by atoms with Crippen molar-refractivity contribution in [1.29, 1.82) is 0 Å². The molecular weight excluding hydrogens is 472 g/mol. The van der Waals surface area contributed by atoms with Gasteiger partial charge in [-0.25, -0.2) is 9.78 Å². The largest absolute Gasteiger partial charge is 0.453 e. The third kappa shape index (κ3) is 5.97. The predicted octanol–water partition coefficient (Wildman–Crippen LogP) is 4.59. The molecule has 0 bridgehead atoms. The van der Waals surface area contributed by atoms with E-state index in [1.165, 1.54) is 7.11 Å². The van der Waals surface area contributed by atoms with E-state index < -0.39 is 12.1 Å². The molecule has 2 atom stereocenters. The molecular formula is C28H28N4O3S. The average molecular weight is 501 g/mol. The van der Waals surface area contributed by atoms with Gasteiger partial charge in [-0.2, -0.15) is 0 Å². The lowest BCUT2D eigenvalue weighted by molar-refractivity contribution is -0.135. The van der Waals surface area contributed by atoms with Gasteiger partial charge in [0.25, 0.3) is 0 Å². The minimum atomic E-state index is -0.656. The first kappa shape index (κ1) is 25.1. The third-order valence-electron chi connectivity index (χ3n) is 6.01. The van der Waals surface area contributed by atoms with Gasteiger partial charge in [0.15, 0.2) is 0 Å². The summed E-state index contributed by atoms with van der Waals surface area (Å²) in [7, 11) is 1.29. The Morgan fingerprint density at radius 2 is 1.97 bits per heavy atom. The number of methoxy groups -OCH3 is 1. The summed E-state index contributed by atoms with van der Waals surface area (Å²) >= 11 is 1.59. The maximum atomic E-state index is 13.3. The molecule has 0 saturated carbocycles. The standard InChI is InChI=1S/C28H28N4O3S/c1-19(2)25(31-28(34)35-3)27(33)32-16-6-11-24(32)26-29-18-23(30-26)21-14-12-20(13-15-21)8-4-5-9-22-10-7-17-36-22/h7,10,12-15,17-19,24-25H,6,11,16H2,1-3H3,(H,29,30)(H,31,34)/t24?,25-/m0/s1. The van der Waals surface area contributed by atoms with Gasteiger partial charge in [0.2, 0.25) is 5.91 Å². The number of benzene rings is 1. The van der Waals surface area contributed by atoms with Crippen molar-refractivity contribution >= 4 is 23.3 Å². The van der Waals surface area contributed by atoms with Crippen molar-refractivity contribution in [2.75, 3.05) is 13.7 Å². The Balaban J connectivity index is 1.45. The van der Waals surface area contributed by atoms with E-state index in [-0.39, 0.29) is 17.9 Å². The second-order valence-corrected chi connectivity index (χ2v) is 9.73. The van der Waals surface area contributed by atoms with E-state index in [1.807, 2.05) is 55.6 Å². The molecule has 1 aliphatic rings. The number of aromatic nitrogens is 2. The first-order valence-corrected chi connectivity index (χ1v) is 12.7. The molecule has 4 rings (SSSR count). The van der Waals surface area contributed by atoms with Crippen molar-refractivity contribution in [3.05, 3.63) is 64.2 Å². The van der Waals surface area contributed by atoms with Gasteiger partial charge in [-0.05, 0) is 65.7 Å². The quantitative estimate of drug-likeness (QED) is 0.502. The number of ether oxygens (including phenoxy) is 1. The highest BCUT2D eigenvalue weighted by Gasteiger charge is 2.37. The predicted molar refractivity (Wildman–Crippen MR) is 140 cm³/mol. The molecule has 1 fully saturated rings. The van der Waals surface area contributed by atoms with Crippen molar-refractivity contribution in [1.82, 2.24) is 20.2 Å². The van der Waals surface area contributed by atoms with Gasteiger partial charge in [0.05, 0.1) is 29.9 Å². The van der Waals surface area contributed by atoms with E-state index in [2.05, 4.69) is 39.0 Å². The summed E-state index contributed by atoms with van der Waals surface area (Å²) in [4.78, 5) is 35.9. The molecule has 0 aliphatic carbocycles. The summed E-state index contributed by atoms with van der Waals surface area (Å²) in [5, 5.41) is 4.66. The van der Waals surface area contributed by atoms with Gasteiger partial charge in [0, 0.05) is 12.1 Å². The van der Waals surface area contributed by atoms with Crippen LogP contribution in [0.3, 0.4) is 0 Å². The number of carbonyl (C=O) groups excluding carboxylic acids is 2. The van der Waals surface area contributed by atoms with Crippen molar-refractivity contribution in [3.8, 4) is 34.9 Å². The van der Waals surface area contributed by atoms with Crippen LogP contribution in [-0.2, 0) is 9.53 Å². The summed E-state index contributed by atoms with van der Waals surface area (Å²) in [5.41, 5.74) is 2.73. The molecule has 36 heavy (non-hydrogen) atoms. The van der Waals surface area contributed by atoms with Crippen LogP contribution in [0.25, 0.3) is 11.3 Å². The van der Waals surface area contributed by atoms with Crippen LogP contribution in [0, 0.1) is 29.6 Å². The Labute approximate surface area is 215 Å². The number of hydrogen-bond donors (Lipinski definition) is 2. The van der Waals surface area contributed by atoms with Crippen LogP contribution >= 0.6 is 11.3 Å². The van der Waals surface area contributed by atoms with E-state index >= 15 is 0 Å². The Morgan fingerprint density at radius 3 is 2.67 bits per heavy atom. The molecule has 1 aromatic carbocycles. The topological polar surface area (TPSA) is 87.3 Å². The van der Waals surface area contributed by atoms with Crippen molar-refractivity contribution < 1.29 is 14.3 Å². The Hall–Kier alpha value is -4.01. The highest BCUT2D eigenvalue weighted by atomic mass is 32.1. The second-order valence-electron chi connectivity index (χ2n) is 8.78. The fourth-order valence-corrected chi connectivity index (χ4v) is 4.70. The van der Waals surface area contributed by atoms with Crippen LogP contribution in [0.15, 0.2) is 48.0 Å². The zero-order chi connectivity index (χ0) is 25.5. The van der Waals surface area contributed by atoms with E-state index in [0.717, 1.165) is 40.4 Å². The number of likely N-dealkylation sites (tertiary alicyclic amines) is 1. The summed E-state index contributed by atoms with van der Waals surface area (Å²) in [6, 6.07) is 11.0. The molecule has 3 aromatic rings. The number of carbonyl (C=O) groups is 2. The zero-order valence-electron chi connectivity index (χ0n) is 20.5. The van der Waals surface area contributed by atoms with Crippen LogP contribution < -0.4 is 5.32 Å². The number of hydrogen-bond acceptors (Lipinski definition) is 5. The number of thiophene rings is 1. The number of imidazole rings is 1. The molecule has 0 radical (unpaired) electrons. The normalized spacial score (nSPS) is 15.4. The average Bonchev–Trinajstić information content (AvgIpc) is 3.66. The van der Waals surface area contributed by atoms with E-state index in [0.29, 0.717) is 6.54 Å². The van der Waals surface area contributed by atoms with E-state index in [1.54, 1.807) is 22.4 Å². The number of nitrogens with one attached hydrogen (secondary N) is 2. The second kappa shape index (κ2) is 11.6. The van der Waals surface area contributed by atoms with E-state index in [9.17, 15) is 9.59 Å². The van der Waals surface area contributed by atoms with E-state index in [4.69, 9.17) is 4.74 Å². The van der Waals surface area contributed by atoms with Gasteiger partial charge >= 0.3 is 6.09 Å². The van der Waals surface area contributed by atoms with Gasteiger partial charge in [0.1, 0.15) is 11.9 Å². The molecule has 0 spiro atoms. The van der Waals surface area contributed by atoms with Gasteiger partial charge in [-0.15, -0.1) is 11.3 Å². The van der Waals surface area contributed by atoms with Crippen molar-refractivity contribution in [2.45, 2.75) is 38.8 Å². The fourth-order valence-electron chi connectivity index (χ4n) is 4.12. The Bertz CT molecular complexity index is 1320. The van der Waals surface area contributed by atoms with Crippen LogP contribution in [0.2, 0.25) is 0 Å². The number of aromatic amines is 1. The highest BCUT2D eigenvalue weighted by Crippen LogP contribution is 2.32. The molecule has 184 valence electrons. The fraction of sp³-hybridized carbons (Fsp3) is 0.321. The molecule has 2 amide bonds. The summed E-state index contributed by atoms with van der Waals surface area (Å²) < 4.78 is 4.70. The minimum absolute atomic E-state index is 0.0756. The Kier molecular flexibility index (Phi) is 8.10. The third-order valence-corrected chi connectivity index (χ3v) is 6.80. The number of nitrogens with zero attached hydrogens (tertiary/aromatic N) is 2.